The Hall–Kier alpha value is -0.120. The van der Waals surface area contributed by atoms with Crippen molar-refractivity contribution in [2.24, 2.45) is 11.3 Å². The molecule has 2 rings (SSSR count). The summed E-state index contributed by atoms with van der Waals surface area (Å²) < 4.78 is 0. The molecule has 3 nitrogen and oxygen atoms in total. The van der Waals surface area contributed by atoms with Crippen LogP contribution in [0.2, 0.25) is 0 Å². The van der Waals surface area contributed by atoms with E-state index in [1.54, 1.807) is 0 Å². The van der Waals surface area contributed by atoms with Crippen LogP contribution in [-0.2, 0) is 0 Å². The summed E-state index contributed by atoms with van der Waals surface area (Å²) in [6.07, 6.45) is 4.02. The van der Waals surface area contributed by atoms with Crippen molar-refractivity contribution in [3.05, 3.63) is 0 Å². The van der Waals surface area contributed by atoms with Gasteiger partial charge in [-0.05, 0) is 64.1 Å². The van der Waals surface area contributed by atoms with Crippen molar-refractivity contribution < 1.29 is 0 Å². The summed E-state index contributed by atoms with van der Waals surface area (Å²) in [7, 11) is 0. The number of likely N-dealkylation sites (N-methyl/N-ethyl adjacent to an activating group) is 1. The first-order valence-electron chi connectivity index (χ1n) is 10.0. The maximum atomic E-state index is 3.51. The summed E-state index contributed by atoms with van der Waals surface area (Å²) in [5.41, 5.74) is 0.779. The Morgan fingerprint density at radius 1 is 0.913 bits per heavy atom. The molecule has 0 atom stereocenters. The van der Waals surface area contributed by atoms with Gasteiger partial charge in [-0.3, -0.25) is 4.90 Å². The van der Waals surface area contributed by atoms with Gasteiger partial charge in [-0.25, -0.2) is 0 Å². The van der Waals surface area contributed by atoms with Crippen molar-refractivity contribution in [3.63, 3.8) is 0 Å². The van der Waals surface area contributed by atoms with Crippen LogP contribution in [0.5, 0.6) is 0 Å². The maximum absolute atomic E-state index is 3.51. The standard InChI is InChI=1S/C18H37N3.C2H6/c1-6-20-11-13-21(14-12-20)18(4,5)15-17(2,3)16-7-9-19-10-8-16;1-2/h16,19H,6-15H2,1-5H3;1-2H3. The molecule has 0 aromatic carbocycles. The van der Waals surface area contributed by atoms with Gasteiger partial charge >= 0.3 is 0 Å². The van der Waals surface area contributed by atoms with Gasteiger partial charge in [-0.15, -0.1) is 0 Å². The molecule has 2 heterocycles. The molecule has 2 saturated heterocycles. The number of hydrogen-bond acceptors (Lipinski definition) is 3. The molecule has 23 heavy (non-hydrogen) atoms. The minimum atomic E-state index is 0.328. The van der Waals surface area contributed by atoms with E-state index < -0.39 is 0 Å². The quantitative estimate of drug-likeness (QED) is 0.828. The van der Waals surface area contributed by atoms with Crippen molar-refractivity contribution in [2.45, 2.75) is 73.3 Å². The SMILES string of the molecule is CC.CCN1CCN(C(C)(C)CC(C)(C)C2CCNCC2)CC1. The van der Waals surface area contributed by atoms with Gasteiger partial charge < -0.3 is 10.2 Å². The highest BCUT2D eigenvalue weighted by atomic mass is 15.3. The van der Waals surface area contributed by atoms with Crippen LogP contribution in [0.25, 0.3) is 0 Å². The summed E-state index contributed by atoms with van der Waals surface area (Å²) >= 11 is 0. The number of nitrogens with zero attached hydrogens (tertiary/aromatic N) is 2. The van der Waals surface area contributed by atoms with Gasteiger partial charge in [0.1, 0.15) is 0 Å². The van der Waals surface area contributed by atoms with E-state index in [4.69, 9.17) is 0 Å². The van der Waals surface area contributed by atoms with Gasteiger partial charge in [0.05, 0.1) is 0 Å². The number of piperazine rings is 1. The summed E-state index contributed by atoms with van der Waals surface area (Å²) in [5.74, 6) is 0.884. The number of hydrogen-bond donors (Lipinski definition) is 1. The van der Waals surface area contributed by atoms with Gasteiger partial charge in [-0.2, -0.15) is 0 Å². The van der Waals surface area contributed by atoms with Crippen molar-refractivity contribution >= 4 is 0 Å². The predicted molar refractivity (Wildman–Crippen MR) is 103 cm³/mol. The van der Waals surface area contributed by atoms with Crippen LogP contribution in [0.3, 0.4) is 0 Å². The molecule has 0 aliphatic carbocycles. The Balaban J connectivity index is 0.00000127. The fourth-order valence-corrected chi connectivity index (χ4v) is 4.64. The third kappa shape index (κ3) is 6.03. The maximum Gasteiger partial charge on any atom is 0.0159 e. The van der Waals surface area contributed by atoms with Crippen LogP contribution < -0.4 is 5.32 Å². The van der Waals surface area contributed by atoms with E-state index >= 15 is 0 Å². The molecular weight excluding hydrogens is 282 g/mol. The van der Waals surface area contributed by atoms with Gasteiger partial charge in [0, 0.05) is 31.7 Å². The van der Waals surface area contributed by atoms with Crippen LogP contribution in [0, 0.1) is 11.3 Å². The summed E-state index contributed by atoms with van der Waals surface area (Å²) in [6, 6.07) is 0. The summed E-state index contributed by atoms with van der Waals surface area (Å²) in [5, 5.41) is 3.51. The highest BCUT2D eigenvalue weighted by molar-refractivity contribution is 4.93. The molecule has 1 N–H and O–H groups in total. The van der Waals surface area contributed by atoms with Crippen molar-refractivity contribution in [1.29, 1.82) is 0 Å². The number of rotatable bonds is 5. The molecule has 0 spiro atoms. The van der Waals surface area contributed by atoms with Crippen LogP contribution >= 0.6 is 0 Å². The molecule has 0 bridgehead atoms. The second kappa shape index (κ2) is 9.39. The zero-order valence-corrected chi connectivity index (χ0v) is 17.0. The Kier molecular flexibility index (Phi) is 8.54. The van der Waals surface area contributed by atoms with Crippen LogP contribution in [-0.4, -0.2) is 61.2 Å². The lowest BCUT2D eigenvalue weighted by Gasteiger charge is -2.49. The Bertz CT molecular complexity index is 311. The van der Waals surface area contributed by atoms with Gasteiger partial charge in [0.25, 0.3) is 0 Å². The highest BCUT2D eigenvalue weighted by Crippen LogP contribution is 2.41. The number of piperidine rings is 1. The lowest BCUT2D eigenvalue weighted by Crippen LogP contribution is -2.56. The van der Waals surface area contributed by atoms with Crippen molar-refractivity contribution in [2.75, 3.05) is 45.8 Å². The van der Waals surface area contributed by atoms with E-state index in [1.165, 1.54) is 65.1 Å². The molecule has 2 aliphatic heterocycles. The molecule has 0 aromatic rings. The Morgan fingerprint density at radius 2 is 1.43 bits per heavy atom. The first kappa shape index (κ1) is 20.9. The van der Waals surface area contributed by atoms with Crippen molar-refractivity contribution in [1.82, 2.24) is 15.1 Å². The molecule has 0 radical (unpaired) electrons. The molecule has 3 heteroatoms. The van der Waals surface area contributed by atoms with E-state index in [9.17, 15) is 0 Å². The molecule has 2 fully saturated rings. The predicted octanol–water partition coefficient (Wildman–Crippen LogP) is 3.84. The average Bonchev–Trinajstić information content (AvgIpc) is 2.57. The molecule has 0 amide bonds. The van der Waals surface area contributed by atoms with E-state index in [1.807, 2.05) is 13.8 Å². The third-order valence-corrected chi connectivity index (χ3v) is 6.01. The largest absolute Gasteiger partial charge is 0.317 e. The molecule has 138 valence electrons. The monoisotopic (exact) mass is 325 g/mol. The van der Waals surface area contributed by atoms with Crippen LogP contribution in [0.1, 0.15) is 67.7 Å². The van der Waals surface area contributed by atoms with Gasteiger partial charge in [0.15, 0.2) is 0 Å². The van der Waals surface area contributed by atoms with Crippen LogP contribution in [0.15, 0.2) is 0 Å². The second-order valence-corrected chi connectivity index (χ2v) is 8.42. The minimum absolute atomic E-state index is 0.328. The van der Waals surface area contributed by atoms with Crippen molar-refractivity contribution in [3.8, 4) is 0 Å². The zero-order chi connectivity index (χ0) is 17.5. The topological polar surface area (TPSA) is 18.5 Å². The Morgan fingerprint density at radius 3 is 1.91 bits per heavy atom. The highest BCUT2D eigenvalue weighted by Gasteiger charge is 2.39. The van der Waals surface area contributed by atoms with E-state index in [-0.39, 0.29) is 0 Å². The van der Waals surface area contributed by atoms with E-state index in [2.05, 4.69) is 49.7 Å². The fourth-order valence-electron chi connectivity index (χ4n) is 4.64. The lowest BCUT2D eigenvalue weighted by molar-refractivity contribution is 0.00817. The van der Waals surface area contributed by atoms with E-state index in [0.29, 0.717) is 11.0 Å². The fraction of sp³-hybridized carbons (Fsp3) is 1.00. The summed E-state index contributed by atoms with van der Waals surface area (Å²) in [4.78, 5) is 5.31. The van der Waals surface area contributed by atoms with Gasteiger partial charge in [-0.1, -0.05) is 34.6 Å². The molecular formula is C20H43N3. The second-order valence-electron chi connectivity index (χ2n) is 8.42. The number of nitrogens with one attached hydrogen (secondary N) is 1. The Labute approximate surface area is 146 Å². The first-order chi connectivity index (χ1) is 10.8. The zero-order valence-electron chi connectivity index (χ0n) is 17.0. The molecule has 2 aliphatic rings. The average molecular weight is 326 g/mol. The molecule has 0 aromatic heterocycles. The third-order valence-electron chi connectivity index (χ3n) is 6.01. The first-order valence-corrected chi connectivity index (χ1v) is 10.0. The smallest absolute Gasteiger partial charge is 0.0159 e. The van der Waals surface area contributed by atoms with E-state index in [0.717, 1.165) is 5.92 Å². The lowest BCUT2D eigenvalue weighted by atomic mass is 9.67. The molecule has 0 unspecified atom stereocenters. The normalized spacial score (nSPS) is 22.6. The minimum Gasteiger partial charge on any atom is -0.317 e. The van der Waals surface area contributed by atoms with Crippen LogP contribution in [0.4, 0.5) is 0 Å². The summed E-state index contributed by atoms with van der Waals surface area (Å²) in [6.45, 7) is 24.8. The molecule has 0 saturated carbocycles. The van der Waals surface area contributed by atoms with Gasteiger partial charge in [0.2, 0.25) is 0 Å².